The summed E-state index contributed by atoms with van der Waals surface area (Å²) < 4.78 is 1.17. The van der Waals surface area contributed by atoms with Crippen LogP contribution in [0.15, 0.2) is 22.7 Å². The van der Waals surface area contributed by atoms with Gasteiger partial charge in [0.1, 0.15) is 0 Å². The van der Waals surface area contributed by atoms with Crippen molar-refractivity contribution in [2.75, 3.05) is 11.4 Å². The summed E-state index contributed by atoms with van der Waals surface area (Å²) in [6.45, 7) is 11.2. The first kappa shape index (κ1) is 16.8. The Bertz CT molecular complexity index is 459. The summed E-state index contributed by atoms with van der Waals surface area (Å²) in [4.78, 5) is 2.65. The van der Waals surface area contributed by atoms with E-state index in [1.165, 1.54) is 35.0 Å². The third kappa shape index (κ3) is 4.23. The minimum absolute atomic E-state index is 0.653. The van der Waals surface area contributed by atoms with Crippen LogP contribution >= 0.6 is 15.9 Å². The SMILES string of the molecule is CCC1CCC(C)N1c1ccc(Br)cc1CNCC(C)C. The lowest BCUT2D eigenvalue weighted by atomic mass is 10.1. The van der Waals surface area contributed by atoms with Gasteiger partial charge >= 0.3 is 0 Å². The van der Waals surface area contributed by atoms with E-state index in [-0.39, 0.29) is 0 Å². The Morgan fingerprint density at radius 3 is 2.76 bits per heavy atom. The molecule has 1 aromatic rings. The van der Waals surface area contributed by atoms with E-state index in [1.54, 1.807) is 0 Å². The number of benzene rings is 1. The molecule has 0 saturated carbocycles. The number of rotatable bonds is 6. The predicted octanol–water partition coefficient (Wildman–Crippen LogP) is 4.96. The van der Waals surface area contributed by atoms with Gasteiger partial charge < -0.3 is 10.2 Å². The van der Waals surface area contributed by atoms with E-state index >= 15 is 0 Å². The molecule has 1 aromatic carbocycles. The first-order valence-corrected chi connectivity index (χ1v) is 9.09. The van der Waals surface area contributed by atoms with E-state index in [0.717, 1.165) is 13.1 Å². The molecular formula is C18H29BrN2. The van der Waals surface area contributed by atoms with E-state index < -0.39 is 0 Å². The molecule has 2 nitrogen and oxygen atoms in total. The van der Waals surface area contributed by atoms with Crippen molar-refractivity contribution in [3.05, 3.63) is 28.2 Å². The molecule has 1 aliphatic heterocycles. The normalized spacial score (nSPS) is 22.3. The Labute approximate surface area is 138 Å². The highest BCUT2D eigenvalue weighted by Crippen LogP contribution is 2.35. The lowest BCUT2D eigenvalue weighted by Gasteiger charge is -2.32. The third-order valence-electron chi connectivity index (χ3n) is 4.44. The van der Waals surface area contributed by atoms with Gasteiger partial charge in [0, 0.05) is 28.8 Å². The topological polar surface area (TPSA) is 15.3 Å². The number of anilines is 1. The summed E-state index contributed by atoms with van der Waals surface area (Å²) in [6, 6.07) is 8.10. The Balaban J connectivity index is 2.21. The molecule has 0 radical (unpaired) electrons. The van der Waals surface area contributed by atoms with E-state index in [4.69, 9.17) is 0 Å². The summed E-state index contributed by atoms with van der Waals surface area (Å²) in [5, 5.41) is 3.59. The zero-order chi connectivity index (χ0) is 15.4. The van der Waals surface area contributed by atoms with E-state index in [2.05, 4.69) is 72.0 Å². The fourth-order valence-electron chi connectivity index (χ4n) is 3.35. The van der Waals surface area contributed by atoms with Gasteiger partial charge in [-0.1, -0.05) is 36.7 Å². The highest BCUT2D eigenvalue weighted by atomic mass is 79.9. The first-order valence-electron chi connectivity index (χ1n) is 8.30. The van der Waals surface area contributed by atoms with E-state index in [0.29, 0.717) is 18.0 Å². The molecule has 0 spiro atoms. The van der Waals surface area contributed by atoms with Crippen molar-refractivity contribution in [1.29, 1.82) is 0 Å². The van der Waals surface area contributed by atoms with Crippen LogP contribution in [0.1, 0.15) is 52.5 Å². The van der Waals surface area contributed by atoms with Gasteiger partial charge in [-0.15, -0.1) is 0 Å². The van der Waals surface area contributed by atoms with Crippen LogP contribution in [0.25, 0.3) is 0 Å². The van der Waals surface area contributed by atoms with Gasteiger partial charge in [-0.2, -0.15) is 0 Å². The van der Waals surface area contributed by atoms with Crippen molar-refractivity contribution in [2.24, 2.45) is 5.92 Å². The summed E-state index contributed by atoms with van der Waals surface area (Å²) in [5.74, 6) is 0.690. The van der Waals surface area contributed by atoms with Gasteiger partial charge in [-0.25, -0.2) is 0 Å². The van der Waals surface area contributed by atoms with Crippen LogP contribution in [0.3, 0.4) is 0 Å². The summed E-state index contributed by atoms with van der Waals surface area (Å²) in [5.41, 5.74) is 2.84. The molecule has 2 unspecified atom stereocenters. The summed E-state index contributed by atoms with van der Waals surface area (Å²) in [7, 11) is 0. The molecule has 1 N–H and O–H groups in total. The molecule has 3 heteroatoms. The first-order chi connectivity index (χ1) is 10.0. The smallest absolute Gasteiger partial charge is 0.0417 e. The Morgan fingerprint density at radius 2 is 2.10 bits per heavy atom. The largest absolute Gasteiger partial charge is 0.366 e. The zero-order valence-electron chi connectivity index (χ0n) is 13.8. The Hall–Kier alpha value is -0.540. The number of hydrogen-bond donors (Lipinski definition) is 1. The second kappa shape index (κ2) is 7.64. The fourth-order valence-corrected chi connectivity index (χ4v) is 3.76. The van der Waals surface area contributed by atoms with Crippen molar-refractivity contribution >= 4 is 21.6 Å². The monoisotopic (exact) mass is 352 g/mol. The van der Waals surface area contributed by atoms with Crippen LogP contribution in [0, 0.1) is 5.92 Å². The molecule has 1 aliphatic rings. The molecule has 21 heavy (non-hydrogen) atoms. The standard InChI is InChI=1S/C18H29BrN2/c1-5-17-8-6-14(4)21(17)18-9-7-16(19)10-15(18)12-20-11-13(2)3/h7,9-10,13-14,17,20H,5-6,8,11-12H2,1-4H3. The molecule has 0 amide bonds. The van der Waals surface area contributed by atoms with Gasteiger partial charge in [0.25, 0.3) is 0 Å². The number of hydrogen-bond acceptors (Lipinski definition) is 2. The second-order valence-corrected chi connectivity index (χ2v) is 7.61. The number of nitrogens with zero attached hydrogens (tertiary/aromatic N) is 1. The predicted molar refractivity (Wildman–Crippen MR) is 95.9 cm³/mol. The van der Waals surface area contributed by atoms with Gasteiger partial charge in [0.2, 0.25) is 0 Å². The van der Waals surface area contributed by atoms with Crippen molar-refractivity contribution in [1.82, 2.24) is 5.32 Å². The molecule has 1 heterocycles. The van der Waals surface area contributed by atoms with Crippen molar-refractivity contribution in [2.45, 2.75) is 65.6 Å². The Morgan fingerprint density at radius 1 is 1.33 bits per heavy atom. The molecule has 0 bridgehead atoms. The maximum Gasteiger partial charge on any atom is 0.0417 e. The van der Waals surface area contributed by atoms with Crippen LogP contribution < -0.4 is 10.2 Å². The molecule has 0 aromatic heterocycles. The maximum atomic E-state index is 3.63. The minimum atomic E-state index is 0.653. The van der Waals surface area contributed by atoms with Crippen molar-refractivity contribution in [3.63, 3.8) is 0 Å². The summed E-state index contributed by atoms with van der Waals surface area (Å²) >= 11 is 3.63. The molecule has 1 saturated heterocycles. The molecule has 2 rings (SSSR count). The van der Waals surface area contributed by atoms with Crippen LogP contribution in [-0.4, -0.2) is 18.6 Å². The average molecular weight is 353 g/mol. The maximum absolute atomic E-state index is 3.63. The van der Waals surface area contributed by atoms with Crippen molar-refractivity contribution in [3.8, 4) is 0 Å². The Kier molecular flexibility index (Phi) is 6.12. The zero-order valence-corrected chi connectivity index (χ0v) is 15.4. The second-order valence-electron chi connectivity index (χ2n) is 6.69. The summed E-state index contributed by atoms with van der Waals surface area (Å²) in [6.07, 6.45) is 3.87. The highest BCUT2D eigenvalue weighted by Gasteiger charge is 2.30. The lowest BCUT2D eigenvalue weighted by Crippen LogP contribution is -2.35. The van der Waals surface area contributed by atoms with Crippen molar-refractivity contribution < 1.29 is 0 Å². The molecule has 0 aliphatic carbocycles. The van der Waals surface area contributed by atoms with Gasteiger partial charge in [-0.05, 0) is 62.4 Å². The van der Waals surface area contributed by atoms with Crippen LogP contribution in [0.5, 0.6) is 0 Å². The minimum Gasteiger partial charge on any atom is -0.366 e. The van der Waals surface area contributed by atoms with E-state index in [1.807, 2.05) is 0 Å². The molecular weight excluding hydrogens is 324 g/mol. The number of nitrogens with one attached hydrogen (secondary N) is 1. The van der Waals surface area contributed by atoms with Gasteiger partial charge in [-0.3, -0.25) is 0 Å². The average Bonchev–Trinajstić information content (AvgIpc) is 2.80. The van der Waals surface area contributed by atoms with Crippen LogP contribution in [0.2, 0.25) is 0 Å². The molecule has 2 atom stereocenters. The van der Waals surface area contributed by atoms with E-state index in [9.17, 15) is 0 Å². The molecule has 118 valence electrons. The van der Waals surface area contributed by atoms with Gasteiger partial charge in [0.05, 0.1) is 0 Å². The highest BCUT2D eigenvalue weighted by molar-refractivity contribution is 9.10. The molecule has 1 fully saturated rings. The fraction of sp³-hybridized carbons (Fsp3) is 0.667. The van der Waals surface area contributed by atoms with Crippen LogP contribution in [0.4, 0.5) is 5.69 Å². The number of halogens is 1. The lowest BCUT2D eigenvalue weighted by molar-refractivity contribution is 0.550. The van der Waals surface area contributed by atoms with Gasteiger partial charge in [0.15, 0.2) is 0 Å². The quantitative estimate of drug-likeness (QED) is 0.777. The third-order valence-corrected chi connectivity index (χ3v) is 4.94. The van der Waals surface area contributed by atoms with Crippen LogP contribution in [-0.2, 0) is 6.54 Å².